The number of nitrogens with one attached hydrogen (secondary N) is 1. The van der Waals surface area contributed by atoms with Gasteiger partial charge in [-0.2, -0.15) is 4.98 Å². The standard InChI is InChI=1S/C19H23ClN4O3/c1-2-3-4-10-23-16-15(21-18(20)22-16)17(26)24(19(23)27)11-6-8-13-7-5-9-14(25)12-13/h5,7,9,12,25H,2-4,6,8,10-11H2,1H3,(H,21,22). The van der Waals surface area contributed by atoms with Crippen LogP contribution in [0.5, 0.6) is 5.75 Å². The summed E-state index contributed by atoms with van der Waals surface area (Å²) >= 11 is 5.94. The summed E-state index contributed by atoms with van der Waals surface area (Å²) < 4.78 is 2.77. The van der Waals surface area contributed by atoms with E-state index in [4.69, 9.17) is 11.6 Å². The lowest BCUT2D eigenvalue weighted by atomic mass is 10.1. The molecule has 144 valence electrons. The molecule has 2 heterocycles. The number of imidazole rings is 1. The van der Waals surface area contributed by atoms with Gasteiger partial charge in [-0.3, -0.25) is 13.9 Å². The third kappa shape index (κ3) is 4.24. The van der Waals surface area contributed by atoms with Crippen molar-refractivity contribution in [3.63, 3.8) is 0 Å². The molecule has 0 bridgehead atoms. The van der Waals surface area contributed by atoms with E-state index in [1.54, 1.807) is 18.2 Å². The molecule has 0 saturated carbocycles. The van der Waals surface area contributed by atoms with Crippen molar-refractivity contribution < 1.29 is 5.11 Å². The van der Waals surface area contributed by atoms with E-state index in [1.807, 2.05) is 6.07 Å². The van der Waals surface area contributed by atoms with Crippen molar-refractivity contribution in [3.8, 4) is 5.75 Å². The van der Waals surface area contributed by atoms with E-state index in [1.165, 1.54) is 9.13 Å². The smallest absolute Gasteiger partial charge is 0.332 e. The molecule has 27 heavy (non-hydrogen) atoms. The Hall–Kier alpha value is -2.54. The van der Waals surface area contributed by atoms with Gasteiger partial charge >= 0.3 is 5.69 Å². The topological polar surface area (TPSA) is 92.9 Å². The molecule has 0 atom stereocenters. The second-order valence-corrected chi connectivity index (χ2v) is 6.96. The first-order valence-corrected chi connectivity index (χ1v) is 9.55. The number of phenolic OH excluding ortho intramolecular Hbond substituents is 1. The van der Waals surface area contributed by atoms with Crippen molar-refractivity contribution in [1.29, 1.82) is 0 Å². The Morgan fingerprint density at radius 2 is 1.93 bits per heavy atom. The fourth-order valence-electron chi connectivity index (χ4n) is 3.21. The Balaban J connectivity index is 1.89. The van der Waals surface area contributed by atoms with Gasteiger partial charge in [0, 0.05) is 13.1 Å². The van der Waals surface area contributed by atoms with Crippen LogP contribution < -0.4 is 11.2 Å². The van der Waals surface area contributed by atoms with E-state index >= 15 is 0 Å². The summed E-state index contributed by atoms with van der Waals surface area (Å²) in [6.07, 6.45) is 4.10. The monoisotopic (exact) mass is 390 g/mol. The van der Waals surface area contributed by atoms with Gasteiger partial charge < -0.3 is 10.1 Å². The first-order valence-electron chi connectivity index (χ1n) is 9.18. The summed E-state index contributed by atoms with van der Waals surface area (Å²) in [4.78, 5) is 32.5. The van der Waals surface area contributed by atoms with Crippen LogP contribution in [0.25, 0.3) is 11.2 Å². The summed E-state index contributed by atoms with van der Waals surface area (Å²) in [5.41, 5.74) is 0.764. The molecule has 0 spiro atoms. The van der Waals surface area contributed by atoms with Crippen LogP contribution in [0, 0.1) is 0 Å². The van der Waals surface area contributed by atoms with Gasteiger partial charge in [0.15, 0.2) is 11.2 Å². The van der Waals surface area contributed by atoms with E-state index < -0.39 is 5.56 Å². The summed E-state index contributed by atoms with van der Waals surface area (Å²) in [6, 6.07) is 6.97. The normalized spacial score (nSPS) is 11.3. The van der Waals surface area contributed by atoms with Crippen LogP contribution in [0.4, 0.5) is 0 Å². The molecular weight excluding hydrogens is 368 g/mol. The number of phenols is 1. The second-order valence-electron chi connectivity index (χ2n) is 6.60. The highest BCUT2D eigenvalue weighted by molar-refractivity contribution is 6.28. The minimum Gasteiger partial charge on any atom is -0.508 e. The molecule has 0 amide bonds. The van der Waals surface area contributed by atoms with Gasteiger partial charge in [-0.05, 0) is 48.6 Å². The lowest BCUT2D eigenvalue weighted by molar-refractivity contribution is 0.474. The molecule has 0 aliphatic heterocycles. The number of aromatic nitrogens is 4. The minimum absolute atomic E-state index is 0.100. The zero-order chi connectivity index (χ0) is 19.4. The highest BCUT2D eigenvalue weighted by atomic mass is 35.5. The fourth-order valence-corrected chi connectivity index (χ4v) is 3.38. The second kappa shape index (κ2) is 8.43. The Morgan fingerprint density at radius 3 is 2.67 bits per heavy atom. The lowest BCUT2D eigenvalue weighted by Gasteiger charge is -2.11. The van der Waals surface area contributed by atoms with Crippen LogP contribution in [-0.2, 0) is 19.5 Å². The number of H-pyrrole nitrogens is 1. The molecule has 2 N–H and O–H groups in total. The molecule has 2 aromatic heterocycles. The number of halogens is 1. The van der Waals surface area contributed by atoms with Crippen LogP contribution in [0.15, 0.2) is 33.9 Å². The molecule has 7 nitrogen and oxygen atoms in total. The SMILES string of the molecule is CCCCCn1c(=O)n(CCCc2cccc(O)c2)c(=O)c2[nH]c(Cl)nc21. The van der Waals surface area contributed by atoms with Crippen LogP contribution in [-0.4, -0.2) is 24.2 Å². The van der Waals surface area contributed by atoms with Crippen molar-refractivity contribution in [1.82, 2.24) is 19.1 Å². The predicted octanol–water partition coefficient (Wildman–Crippen LogP) is 3.07. The maximum atomic E-state index is 12.9. The van der Waals surface area contributed by atoms with Crippen molar-refractivity contribution in [2.45, 2.75) is 52.1 Å². The Morgan fingerprint density at radius 1 is 1.15 bits per heavy atom. The third-order valence-corrected chi connectivity index (χ3v) is 4.75. The molecule has 0 saturated heterocycles. The number of fused-ring (bicyclic) bond motifs is 1. The Kier molecular flexibility index (Phi) is 6.01. The first-order chi connectivity index (χ1) is 13.0. The number of nitrogens with zero attached hydrogens (tertiary/aromatic N) is 3. The summed E-state index contributed by atoms with van der Waals surface area (Å²) in [5, 5.41) is 9.65. The van der Waals surface area contributed by atoms with E-state index in [9.17, 15) is 14.7 Å². The maximum Gasteiger partial charge on any atom is 0.332 e. The number of hydrogen-bond donors (Lipinski definition) is 2. The van der Waals surface area contributed by atoms with Crippen molar-refractivity contribution in [3.05, 3.63) is 56.0 Å². The number of benzene rings is 1. The van der Waals surface area contributed by atoms with E-state index in [2.05, 4.69) is 16.9 Å². The highest BCUT2D eigenvalue weighted by Crippen LogP contribution is 2.13. The number of aryl methyl sites for hydroxylation is 2. The van der Waals surface area contributed by atoms with Gasteiger partial charge in [-0.15, -0.1) is 0 Å². The average Bonchev–Trinajstić information content (AvgIpc) is 3.02. The van der Waals surface area contributed by atoms with E-state index in [0.717, 1.165) is 24.8 Å². The lowest BCUT2D eigenvalue weighted by Crippen LogP contribution is -2.40. The molecule has 0 aliphatic rings. The van der Waals surface area contributed by atoms with Crippen LogP contribution in [0.3, 0.4) is 0 Å². The zero-order valence-electron chi connectivity index (χ0n) is 15.2. The van der Waals surface area contributed by atoms with E-state index in [0.29, 0.717) is 25.0 Å². The molecule has 8 heteroatoms. The quantitative estimate of drug-likeness (QED) is 0.456. The predicted molar refractivity (Wildman–Crippen MR) is 106 cm³/mol. The molecule has 0 radical (unpaired) electrons. The number of aromatic hydroxyl groups is 1. The molecular formula is C19H23ClN4O3. The van der Waals surface area contributed by atoms with Crippen molar-refractivity contribution in [2.75, 3.05) is 0 Å². The fraction of sp³-hybridized carbons (Fsp3) is 0.421. The van der Waals surface area contributed by atoms with Crippen LogP contribution in [0.2, 0.25) is 5.28 Å². The average molecular weight is 391 g/mol. The van der Waals surface area contributed by atoms with Gasteiger partial charge in [0.2, 0.25) is 5.28 Å². The van der Waals surface area contributed by atoms with Gasteiger partial charge in [0.1, 0.15) is 5.75 Å². The Labute approximate surface area is 161 Å². The van der Waals surface area contributed by atoms with Gasteiger partial charge in [-0.25, -0.2) is 4.79 Å². The third-order valence-electron chi connectivity index (χ3n) is 4.58. The molecule has 0 aliphatic carbocycles. The van der Waals surface area contributed by atoms with Crippen LogP contribution >= 0.6 is 11.6 Å². The molecule has 0 unspecified atom stereocenters. The molecule has 3 rings (SSSR count). The number of rotatable bonds is 8. The summed E-state index contributed by atoms with van der Waals surface area (Å²) in [6.45, 7) is 2.87. The number of hydrogen-bond acceptors (Lipinski definition) is 4. The Bertz CT molecular complexity index is 1050. The summed E-state index contributed by atoms with van der Waals surface area (Å²) in [7, 11) is 0. The number of unbranched alkanes of at least 4 members (excludes halogenated alkanes) is 2. The van der Waals surface area contributed by atoms with Gasteiger partial charge in [-0.1, -0.05) is 31.9 Å². The highest BCUT2D eigenvalue weighted by Gasteiger charge is 2.16. The maximum absolute atomic E-state index is 12.9. The van der Waals surface area contributed by atoms with Crippen LogP contribution in [0.1, 0.15) is 38.2 Å². The summed E-state index contributed by atoms with van der Waals surface area (Å²) in [5.74, 6) is 0.205. The zero-order valence-corrected chi connectivity index (χ0v) is 16.0. The minimum atomic E-state index is -0.406. The molecule has 1 aromatic carbocycles. The number of aromatic amines is 1. The largest absolute Gasteiger partial charge is 0.508 e. The first kappa shape index (κ1) is 19.2. The molecule has 3 aromatic rings. The molecule has 0 fully saturated rings. The van der Waals surface area contributed by atoms with Crippen molar-refractivity contribution >= 4 is 22.8 Å². The van der Waals surface area contributed by atoms with E-state index in [-0.39, 0.29) is 28.8 Å². The van der Waals surface area contributed by atoms with Crippen molar-refractivity contribution in [2.24, 2.45) is 0 Å². The van der Waals surface area contributed by atoms with Gasteiger partial charge in [0.05, 0.1) is 0 Å². The van der Waals surface area contributed by atoms with Gasteiger partial charge in [0.25, 0.3) is 5.56 Å².